The van der Waals surface area contributed by atoms with Crippen molar-refractivity contribution in [3.8, 4) is 0 Å². The fraction of sp³-hybridized carbons (Fsp3) is 0.818. The Kier molecular flexibility index (Phi) is 11.2. The molecule has 0 aliphatic carbocycles. The molecule has 0 bridgehead atoms. The number of halogens is 1. The molecule has 0 N–H and O–H groups in total. The van der Waals surface area contributed by atoms with Crippen molar-refractivity contribution in [3.63, 3.8) is 0 Å². The number of alkyl halides is 1. The largest absolute Gasteiger partial charge is 0.339 e. The lowest BCUT2D eigenvalue weighted by atomic mass is 10.3. The third kappa shape index (κ3) is 6.37. The minimum Gasteiger partial charge on any atom is -0.339 e. The van der Waals surface area contributed by atoms with Crippen molar-refractivity contribution in [1.82, 2.24) is 9.80 Å². The first-order chi connectivity index (χ1) is 7.61. The smallest absolute Gasteiger partial charge is 0.219 e. The van der Waals surface area contributed by atoms with Crippen molar-refractivity contribution < 1.29 is 14.0 Å². The average Bonchev–Trinajstić information content (AvgIpc) is 2.34. The first-order valence-electron chi connectivity index (χ1n) is 5.50. The van der Waals surface area contributed by atoms with Crippen molar-refractivity contribution in [1.29, 1.82) is 0 Å². The van der Waals surface area contributed by atoms with Gasteiger partial charge in [0.2, 0.25) is 11.8 Å². The Hall–Kier alpha value is -1.13. The highest BCUT2D eigenvalue weighted by Crippen LogP contribution is 2.01. The van der Waals surface area contributed by atoms with Gasteiger partial charge in [0.05, 0.1) is 7.18 Å². The van der Waals surface area contributed by atoms with E-state index in [4.69, 9.17) is 0 Å². The minimum absolute atomic E-state index is 0.0956. The molecular weight excluding hydrogens is 211 g/mol. The van der Waals surface area contributed by atoms with Gasteiger partial charge in [0.25, 0.3) is 0 Å². The monoisotopic (exact) mass is 234 g/mol. The predicted molar refractivity (Wildman–Crippen MR) is 62.9 cm³/mol. The predicted octanol–water partition coefficient (Wildman–Crippen LogP) is 1.31. The van der Waals surface area contributed by atoms with Crippen LogP contribution in [0.15, 0.2) is 0 Å². The zero-order valence-corrected chi connectivity index (χ0v) is 10.9. The van der Waals surface area contributed by atoms with Crippen LogP contribution in [0.1, 0.15) is 27.7 Å². The molecule has 0 aromatic carbocycles. The van der Waals surface area contributed by atoms with E-state index in [1.807, 2.05) is 13.8 Å². The number of amides is 2. The Balaban J connectivity index is 0. The van der Waals surface area contributed by atoms with Gasteiger partial charge in [-0.15, -0.1) is 0 Å². The van der Waals surface area contributed by atoms with Crippen LogP contribution < -0.4 is 0 Å². The lowest BCUT2D eigenvalue weighted by Crippen LogP contribution is -2.49. The van der Waals surface area contributed by atoms with Gasteiger partial charge in [-0.3, -0.25) is 14.0 Å². The maximum absolute atomic E-state index is 10.9. The van der Waals surface area contributed by atoms with Crippen molar-refractivity contribution in [2.75, 3.05) is 33.4 Å². The highest BCUT2D eigenvalue weighted by atomic mass is 19.1. The number of carbonyl (C=O) groups excluding carboxylic acids is 2. The van der Waals surface area contributed by atoms with Crippen molar-refractivity contribution in [2.45, 2.75) is 27.7 Å². The second-order valence-corrected chi connectivity index (χ2v) is 3.01. The number of piperazine rings is 1. The van der Waals surface area contributed by atoms with Gasteiger partial charge in [-0.1, -0.05) is 13.8 Å². The quantitative estimate of drug-likeness (QED) is 0.634. The Morgan fingerprint density at radius 3 is 1.12 bits per heavy atom. The minimum atomic E-state index is 0.0956. The van der Waals surface area contributed by atoms with Crippen molar-refractivity contribution in [3.05, 3.63) is 0 Å². The summed E-state index contributed by atoms with van der Waals surface area (Å²) in [5.74, 6) is 0.191. The van der Waals surface area contributed by atoms with Gasteiger partial charge < -0.3 is 9.80 Å². The topological polar surface area (TPSA) is 40.6 Å². The molecule has 16 heavy (non-hydrogen) atoms. The number of nitrogens with zero attached hydrogens (tertiary/aromatic N) is 2. The van der Waals surface area contributed by atoms with Crippen molar-refractivity contribution >= 4 is 11.8 Å². The van der Waals surface area contributed by atoms with E-state index in [-0.39, 0.29) is 11.8 Å². The van der Waals surface area contributed by atoms with E-state index in [2.05, 4.69) is 0 Å². The highest BCUT2D eigenvalue weighted by Gasteiger charge is 2.19. The molecular formula is C11H23FN2O2. The fourth-order valence-corrected chi connectivity index (χ4v) is 1.34. The Morgan fingerprint density at radius 2 is 1.00 bits per heavy atom. The van der Waals surface area contributed by atoms with Crippen LogP contribution in [0.3, 0.4) is 0 Å². The Labute approximate surface area is 97.4 Å². The van der Waals surface area contributed by atoms with Gasteiger partial charge in [0, 0.05) is 40.0 Å². The van der Waals surface area contributed by atoms with Crippen LogP contribution in [0.5, 0.6) is 0 Å². The Morgan fingerprint density at radius 1 is 0.812 bits per heavy atom. The van der Waals surface area contributed by atoms with Gasteiger partial charge in [-0.25, -0.2) is 0 Å². The first kappa shape index (κ1) is 17.3. The third-order valence-electron chi connectivity index (χ3n) is 2.17. The number of carbonyl (C=O) groups is 2. The lowest BCUT2D eigenvalue weighted by molar-refractivity contribution is -0.137. The zero-order chi connectivity index (χ0) is 13.1. The molecule has 0 unspecified atom stereocenters. The molecule has 1 rings (SSSR count). The second-order valence-electron chi connectivity index (χ2n) is 3.01. The van der Waals surface area contributed by atoms with Crippen molar-refractivity contribution in [2.24, 2.45) is 0 Å². The molecule has 4 nitrogen and oxygen atoms in total. The summed E-state index contributed by atoms with van der Waals surface area (Å²) < 4.78 is 9.50. The van der Waals surface area contributed by atoms with E-state index in [9.17, 15) is 14.0 Å². The summed E-state index contributed by atoms with van der Waals surface area (Å²) >= 11 is 0. The summed E-state index contributed by atoms with van der Waals surface area (Å²) in [6, 6.07) is 0. The molecule has 1 fully saturated rings. The molecule has 0 aromatic heterocycles. The summed E-state index contributed by atoms with van der Waals surface area (Å²) in [5, 5.41) is 0. The van der Waals surface area contributed by atoms with Gasteiger partial charge in [0.1, 0.15) is 0 Å². The van der Waals surface area contributed by atoms with E-state index in [0.29, 0.717) is 33.4 Å². The maximum atomic E-state index is 10.9. The maximum Gasteiger partial charge on any atom is 0.219 e. The standard InChI is InChI=1S/C8H14N2O2.C2H6.CH3F/c1-7(11)9-3-5-10(6-4-9)8(2)12;2*1-2/h3-6H2,1-2H3;1-2H3;1H3. The summed E-state index contributed by atoms with van der Waals surface area (Å²) in [6.07, 6.45) is 0. The Bertz CT molecular complexity index is 180. The highest BCUT2D eigenvalue weighted by molar-refractivity contribution is 5.75. The molecule has 1 aliphatic rings. The van der Waals surface area contributed by atoms with Gasteiger partial charge in [-0.2, -0.15) is 0 Å². The number of hydrogen-bond acceptors (Lipinski definition) is 2. The average molecular weight is 234 g/mol. The second kappa shape index (κ2) is 10.4. The van der Waals surface area contributed by atoms with E-state index in [0.717, 1.165) is 0 Å². The first-order valence-corrected chi connectivity index (χ1v) is 5.50. The molecule has 0 radical (unpaired) electrons. The van der Waals surface area contributed by atoms with Gasteiger partial charge in [0.15, 0.2) is 0 Å². The van der Waals surface area contributed by atoms with Crippen LogP contribution in [-0.4, -0.2) is 55.0 Å². The summed E-state index contributed by atoms with van der Waals surface area (Å²) in [7, 11) is 0.500. The van der Waals surface area contributed by atoms with Gasteiger partial charge in [-0.05, 0) is 0 Å². The molecule has 0 saturated carbocycles. The van der Waals surface area contributed by atoms with Crippen LogP contribution in [0.4, 0.5) is 4.39 Å². The molecule has 0 atom stereocenters. The summed E-state index contributed by atoms with van der Waals surface area (Å²) in [6.45, 7) is 9.82. The molecule has 5 heteroatoms. The van der Waals surface area contributed by atoms with E-state index < -0.39 is 0 Å². The van der Waals surface area contributed by atoms with Crippen LogP contribution in [-0.2, 0) is 9.59 Å². The molecule has 2 amide bonds. The molecule has 1 saturated heterocycles. The molecule has 1 heterocycles. The molecule has 0 aromatic rings. The SMILES string of the molecule is CC.CC(=O)N1CCN(C(C)=O)CC1.CF. The van der Waals surface area contributed by atoms with Crippen LogP contribution in [0.2, 0.25) is 0 Å². The fourth-order valence-electron chi connectivity index (χ4n) is 1.34. The molecule has 1 aliphatic heterocycles. The van der Waals surface area contributed by atoms with E-state index in [1.54, 1.807) is 23.6 Å². The van der Waals surface area contributed by atoms with Crippen LogP contribution in [0.25, 0.3) is 0 Å². The summed E-state index contributed by atoms with van der Waals surface area (Å²) in [5.41, 5.74) is 0. The zero-order valence-electron chi connectivity index (χ0n) is 10.9. The molecule has 0 spiro atoms. The molecule has 96 valence electrons. The van der Waals surface area contributed by atoms with Crippen LogP contribution in [0, 0.1) is 0 Å². The third-order valence-corrected chi connectivity index (χ3v) is 2.17. The van der Waals surface area contributed by atoms with Gasteiger partial charge >= 0.3 is 0 Å². The lowest BCUT2D eigenvalue weighted by Gasteiger charge is -2.33. The van der Waals surface area contributed by atoms with E-state index >= 15 is 0 Å². The van der Waals surface area contributed by atoms with E-state index in [1.165, 1.54) is 0 Å². The summed E-state index contributed by atoms with van der Waals surface area (Å²) in [4.78, 5) is 25.3. The number of hydrogen-bond donors (Lipinski definition) is 0. The normalized spacial score (nSPS) is 14.1. The number of rotatable bonds is 0. The van der Waals surface area contributed by atoms with Crippen LogP contribution >= 0.6 is 0 Å².